The Balaban J connectivity index is 2.04. The van der Waals surface area contributed by atoms with Crippen molar-refractivity contribution in [1.29, 1.82) is 0 Å². The summed E-state index contributed by atoms with van der Waals surface area (Å²) in [6.45, 7) is 2.31. The summed E-state index contributed by atoms with van der Waals surface area (Å²) < 4.78 is 0. The molecule has 0 saturated carbocycles. The summed E-state index contributed by atoms with van der Waals surface area (Å²) in [7, 11) is 2.04. The zero-order chi connectivity index (χ0) is 9.80. The van der Waals surface area contributed by atoms with Crippen LogP contribution in [-0.2, 0) is 0 Å². The normalized spacial score (nSPS) is 24.8. The highest BCUT2D eigenvalue weighted by Gasteiger charge is 2.23. The van der Waals surface area contributed by atoms with Gasteiger partial charge in [-0.1, -0.05) is 0 Å². The Labute approximate surface area is 85.3 Å². The van der Waals surface area contributed by atoms with E-state index in [1.165, 1.54) is 25.1 Å². The molecule has 1 aliphatic rings. The molecular formula is C11H19N3. The molecule has 1 aromatic rings. The average molecular weight is 193 g/mol. The van der Waals surface area contributed by atoms with E-state index in [2.05, 4.69) is 27.8 Å². The predicted octanol–water partition coefficient (Wildman–Crippen LogP) is 1.27. The fourth-order valence-corrected chi connectivity index (χ4v) is 2.35. The molecule has 0 spiro atoms. The Morgan fingerprint density at radius 1 is 1.57 bits per heavy atom. The number of hydrogen-bond donors (Lipinski definition) is 3. The second-order valence-electron chi connectivity index (χ2n) is 4.00. The van der Waals surface area contributed by atoms with Crippen LogP contribution in [-0.4, -0.2) is 25.1 Å². The smallest absolute Gasteiger partial charge is 0.0511 e. The maximum absolute atomic E-state index is 3.46. The quantitative estimate of drug-likeness (QED) is 0.676. The molecule has 1 aromatic heterocycles. The van der Waals surface area contributed by atoms with Crippen LogP contribution in [0.25, 0.3) is 0 Å². The Morgan fingerprint density at radius 2 is 2.50 bits per heavy atom. The van der Waals surface area contributed by atoms with Gasteiger partial charge in [-0.2, -0.15) is 0 Å². The summed E-state index contributed by atoms with van der Waals surface area (Å²) in [5.41, 5.74) is 1.31. The Morgan fingerprint density at radius 3 is 3.07 bits per heavy atom. The van der Waals surface area contributed by atoms with E-state index in [1.54, 1.807) is 0 Å². The molecule has 78 valence electrons. The molecule has 0 bridgehead atoms. The van der Waals surface area contributed by atoms with Crippen molar-refractivity contribution in [2.75, 3.05) is 20.1 Å². The predicted molar refractivity (Wildman–Crippen MR) is 58.2 cm³/mol. The molecule has 1 fully saturated rings. The van der Waals surface area contributed by atoms with Crippen molar-refractivity contribution in [3.8, 4) is 0 Å². The van der Waals surface area contributed by atoms with Crippen LogP contribution in [0.3, 0.4) is 0 Å². The largest absolute Gasteiger partial charge is 0.364 e. The fraction of sp³-hybridized carbons (Fsp3) is 0.636. The number of piperidine rings is 1. The lowest BCUT2D eigenvalue weighted by Crippen LogP contribution is -2.37. The Hall–Kier alpha value is -0.800. The van der Waals surface area contributed by atoms with E-state index in [-0.39, 0.29) is 0 Å². The average Bonchev–Trinajstić information content (AvgIpc) is 2.74. The molecule has 0 aliphatic carbocycles. The highest BCUT2D eigenvalue weighted by atomic mass is 15.0. The minimum Gasteiger partial charge on any atom is -0.364 e. The number of rotatable bonds is 3. The molecule has 3 nitrogen and oxygen atoms in total. The summed E-state index contributed by atoms with van der Waals surface area (Å²) >= 11 is 0. The third kappa shape index (κ3) is 1.99. The number of aromatic nitrogens is 1. The van der Waals surface area contributed by atoms with E-state index < -0.39 is 0 Å². The summed E-state index contributed by atoms with van der Waals surface area (Å²) in [4.78, 5) is 3.30. The van der Waals surface area contributed by atoms with Gasteiger partial charge in [0.2, 0.25) is 0 Å². The molecule has 0 radical (unpaired) electrons. The first-order valence-corrected chi connectivity index (χ1v) is 5.43. The third-order valence-electron chi connectivity index (χ3n) is 3.07. The van der Waals surface area contributed by atoms with E-state index in [0.717, 1.165) is 6.54 Å². The minimum atomic E-state index is 0.470. The summed E-state index contributed by atoms with van der Waals surface area (Å²) in [6.07, 6.45) is 4.61. The van der Waals surface area contributed by atoms with Crippen molar-refractivity contribution in [2.24, 2.45) is 5.92 Å². The van der Waals surface area contributed by atoms with E-state index in [1.807, 2.05) is 13.2 Å². The maximum atomic E-state index is 3.46. The molecule has 1 saturated heterocycles. The van der Waals surface area contributed by atoms with Crippen molar-refractivity contribution >= 4 is 0 Å². The maximum Gasteiger partial charge on any atom is 0.0511 e. The topological polar surface area (TPSA) is 39.9 Å². The molecule has 0 amide bonds. The van der Waals surface area contributed by atoms with Gasteiger partial charge in [0.15, 0.2) is 0 Å². The molecule has 14 heavy (non-hydrogen) atoms. The van der Waals surface area contributed by atoms with Crippen molar-refractivity contribution in [3.05, 3.63) is 24.0 Å². The zero-order valence-electron chi connectivity index (χ0n) is 8.72. The molecule has 3 N–H and O–H groups in total. The van der Waals surface area contributed by atoms with Crippen LogP contribution in [0.4, 0.5) is 0 Å². The lowest BCUT2D eigenvalue weighted by Gasteiger charge is -2.30. The highest BCUT2D eigenvalue weighted by Crippen LogP contribution is 2.25. The summed E-state index contributed by atoms with van der Waals surface area (Å²) in [5.74, 6) is 0.715. The van der Waals surface area contributed by atoms with Gasteiger partial charge in [-0.05, 0) is 51.0 Å². The van der Waals surface area contributed by atoms with Gasteiger partial charge in [-0.3, -0.25) is 0 Å². The fourth-order valence-electron chi connectivity index (χ4n) is 2.35. The lowest BCUT2D eigenvalue weighted by molar-refractivity contribution is 0.295. The van der Waals surface area contributed by atoms with E-state index in [4.69, 9.17) is 0 Å². The van der Waals surface area contributed by atoms with Gasteiger partial charge in [0.1, 0.15) is 0 Å². The van der Waals surface area contributed by atoms with Crippen molar-refractivity contribution in [3.63, 3.8) is 0 Å². The standard InChI is InChI=1S/C11H19N3/c1-12-11(10-5-3-7-14-10)9-4-2-6-13-8-9/h3,5,7,9,11-14H,2,4,6,8H2,1H3. The summed E-state index contributed by atoms with van der Waals surface area (Å²) in [6, 6.07) is 4.70. The summed E-state index contributed by atoms with van der Waals surface area (Å²) in [5, 5.41) is 6.86. The van der Waals surface area contributed by atoms with Crippen molar-refractivity contribution < 1.29 is 0 Å². The number of nitrogens with one attached hydrogen (secondary N) is 3. The first kappa shape index (κ1) is 9.74. The molecule has 2 unspecified atom stereocenters. The Bertz CT molecular complexity index is 250. The second-order valence-corrected chi connectivity index (χ2v) is 4.00. The van der Waals surface area contributed by atoms with Crippen LogP contribution in [0.1, 0.15) is 24.6 Å². The molecule has 2 atom stereocenters. The van der Waals surface area contributed by atoms with Gasteiger partial charge in [0.25, 0.3) is 0 Å². The van der Waals surface area contributed by atoms with Crippen molar-refractivity contribution in [2.45, 2.75) is 18.9 Å². The minimum absolute atomic E-state index is 0.470. The van der Waals surface area contributed by atoms with Crippen LogP contribution in [0.5, 0.6) is 0 Å². The lowest BCUT2D eigenvalue weighted by atomic mass is 9.90. The first-order valence-electron chi connectivity index (χ1n) is 5.43. The molecular weight excluding hydrogens is 174 g/mol. The van der Waals surface area contributed by atoms with Gasteiger partial charge >= 0.3 is 0 Å². The van der Waals surface area contributed by atoms with Crippen LogP contribution in [0.2, 0.25) is 0 Å². The molecule has 0 aromatic carbocycles. The molecule has 3 heteroatoms. The number of aromatic amines is 1. The van der Waals surface area contributed by atoms with Crippen LogP contribution in [0.15, 0.2) is 18.3 Å². The number of H-pyrrole nitrogens is 1. The molecule has 2 heterocycles. The van der Waals surface area contributed by atoms with Crippen LogP contribution >= 0.6 is 0 Å². The second kappa shape index (κ2) is 4.62. The van der Waals surface area contributed by atoms with Gasteiger partial charge in [0.05, 0.1) is 6.04 Å². The zero-order valence-corrected chi connectivity index (χ0v) is 8.72. The molecule has 1 aliphatic heterocycles. The first-order chi connectivity index (χ1) is 6.92. The van der Waals surface area contributed by atoms with Gasteiger partial charge in [-0.15, -0.1) is 0 Å². The number of hydrogen-bond acceptors (Lipinski definition) is 2. The van der Waals surface area contributed by atoms with Crippen molar-refractivity contribution in [1.82, 2.24) is 15.6 Å². The van der Waals surface area contributed by atoms with E-state index in [0.29, 0.717) is 12.0 Å². The molecule has 2 rings (SSSR count). The Kier molecular flexibility index (Phi) is 3.22. The SMILES string of the molecule is CNC(c1ccc[nH]1)C1CCCNC1. The van der Waals surface area contributed by atoms with Gasteiger partial charge < -0.3 is 15.6 Å². The van der Waals surface area contributed by atoms with Crippen LogP contribution < -0.4 is 10.6 Å². The van der Waals surface area contributed by atoms with E-state index >= 15 is 0 Å². The van der Waals surface area contributed by atoms with Gasteiger partial charge in [0, 0.05) is 11.9 Å². The van der Waals surface area contributed by atoms with E-state index in [9.17, 15) is 0 Å². The third-order valence-corrected chi connectivity index (χ3v) is 3.07. The highest BCUT2D eigenvalue weighted by molar-refractivity contribution is 5.10. The monoisotopic (exact) mass is 193 g/mol. The van der Waals surface area contributed by atoms with Gasteiger partial charge in [-0.25, -0.2) is 0 Å². The van der Waals surface area contributed by atoms with Crippen LogP contribution in [0, 0.1) is 5.92 Å².